The lowest BCUT2D eigenvalue weighted by Crippen LogP contribution is -2.65. The van der Waals surface area contributed by atoms with Gasteiger partial charge in [-0.2, -0.15) is 0 Å². The monoisotopic (exact) mass is 443 g/mol. The summed E-state index contributed by atoms with van der Waals surface area (Å²) >= 11 is 16.5. The number of aliphatic hydroxyl groups excluding tert-OH is 3. The molecular formula is C16H20Cl3NO7. The van der Waals surface area contributed by atoms with E-state index in [0.29, 0.717) is 0 Å². The molecule has 1 saturated heterocycles. The van der Waals surface area contributed by atoms with E-state index < -0.39 is 53.7 Å². The van der Waals surface area contributed by atoms with E-state index in [0.717, 1.165) is 5.56 Å². The predicted molar refractivity (Wildman–Crippen MR) is 97.6 cm³/mol. The normalized spacial score (nSPS) is 28.6. The van der Waals surface area contributed by atoms with E-state index in [2.05, 4.69) is 5.32 Å². The molecule has 5 atom stereocenters. The van der Waals surface area contributed by atoms with Crippen molar-refractivity contribution in [2.75, 3.05) is 13.2 Å². The van der Waals surface area contributed by atoms with Crippen LogP contribution in [0.25, 0.3) is 0 Å². The molecule has 8 nitrogen and oxygen atoms in total. The molecule has 0 radical (unpaired) electrons. The Bertz CT molecular complexity index is 601. The minimum absolute atomic E-state index is 0.0921. The van der Waals surface area contributed by atoms with Crippen LogP contribution in [0.4, 0.5) is 4.79 Å². The summed E-state index contributed by atoms with van der Waals surface area (Å²) in [7, 11) is 0. The van der Waals surface area contributed by atoms with Crippen molar-refractivity contribution in [3.05, 3.63) is 35.9 Å². The summed E-state index contributed by atoms with van der Waals surface area (Å²) in [4.78, 5) is 11.9. The minimum Gasteiger partial charge on any atom is -0.445 e. The van der Waals surface area contributed by atoms with E-state index in [4.69, 9.17) is 49.0 Å². The number of carbonyl (C=O) groups is 1. The van der Waals surface area contributed by atoms with Crippen molar-refractivity contribution in [1.29, 1.82) is 0 Å². The fraction of sp³-hybridized carbons (Fsp3) is 0.562. The highest BCUT2D eigenvalue weighted by Gasteiger charge is 2.46. The highest BCUT2D eigenvalue weighted by molar-refractivity contribution is 6.67. The van der Waals surface area contributed by atoms with Gasteiger partial charge in [-0.15, -0.1) is 0 Å². The summed E-state index contributed by atoms with van der Waals surface area (Å²) in [5.41, 5.74) is 0.809. The molecule has 11 heteroatoms. The van der Waals surface area contributed by atoms with E-state index in [-0.39, 0.29) is 6.61 Å². The summed E-state index contributed by atoms with van der Waals surface area (Å²) in [5, 5.41) is 32.2. The Kier molecular flexibility index (Phi) is 8.39. The average Bonchev–Trinajstić information content (AvgIpc) is 2.62. The second-order valence-electron chi connectivity index (χ2n) is 5.86. The fourth-order valence-corrected chi connectivity index (χ4v) is 2.69. The molecule has 2 rings (SSSR count). The van der Waals surface area contributed by atoms with Gasteiger partial charge in [-0.05, 0) is 5.56 Å². The molecule has 0 bridgehead atoms. The van der Waals surface area contributed by atoms with Crippen LogP contribution in [0, 0.1) is 0 Å². The molecule has 0 aromatic heterocycles. The number of ether oxygens (including phenoxy) is 3. The molecule has 1 amide bonds. The highest BCUT2D eigenvalue weighted by Crippen LogP contribution is 2.26. The van der Waals surface area contributed by atoms with E-state index >= 15 is 0 Å². The van der Waals surface area contributed by atoms with Crippen LogP contribution < -0.4 is 5.32 Å². The first-order valence-corrected chi connectivity index (χ1v) is 9.12. The van der Waals surface area contributed by atoms with Crippen molar-refractivity contribution < 1.29 is 34.3 Å². The van der Waals surface area contributed by atoms with Gasteiger partial charge in [-0.1, -0.05) is 65.1 Å². The third-order valence-corrected chi connectivity index (χ3v) is 4.14. The SMILES string of the molecule is O=C(N[C@H]1[C@@H](OCc2ccccc2)[C@H](O)[C@@H](CO)O[C@@H]1O)OCC(Cl)(Cl)Cl. The van der Waals surface area contributed by atoms with Crippen molar-refractivity contribution >= 4 is 40.9 Å². The van der Waals surface area contributed by atoms with Crippen LogP contribution in [-0.4, -0.2) is 69.1 Å². The molecule has 27 heavy (non-hydrogen) atoms. The number of rotatable bonds is 6. The summed E-state index contributed by atoms with van der Waals surface area (Å²) in [6.45, 7) is -0.979. The summed E-state index contributed by atoms with van der Waals surface area (Å²) < 4.78 is 13.8. The van der Waals surface area contributed by atoms with Crippen LogP contribution in [0.5, 0.6) is 0 Å². The number of nitrogens with one attached hydrogen (secondary N) is 1. The zero-order chi connectivity index (χ0) is 20.0. The fourth-order valence-electron chi connectivity index (χ4n) is 2.53. The Hall–Kier alpha value is -0.840. The Balaban J connectivity index is 2.06. The molecule has 0 saturated carbocycles. The predicted octanol–water partition coefficient (Wildman–Crippen LogP) is 1.11. The molecule has 152 valence electrons. The lowest BCUT2D eigenvalue weighted by molar-refractivity contribution is -0.263. The van der Waals surface area contributed by atoms with Gasteiger partial charge in [0.05, 0.1) is 13.2 Å². The Labute approximate surface area is 170 Å². The van der Waals surface area contributed by atoms with Crippen molar-refractivity contribution in [1.82, 2.24) is 5.32 Å². The minimum atomic E-state index is -1.80. The van der Waals surface area contributed by atoms with Crippen molar-refractivity contribution in [2.45, 2.75) is 41.0 Å². The maximum atomic E-state index is 11.9. The maximum Gasteiger partial charge on any atom is 0.407 e. The average molecular weight is 445 g/mol. The molecule has 1 heterocycles. The first-order valence-electron chi connectivity index (χ1n) is 7.99. The van der Waals surface area contributed by atoms with Gasteiger partial charge in [0.2, 0.25) is 3.79 Å². The first-order chi connectivity index (χ1) is 12.7. The zero-order valence-corrected chi connectivity index (χ0v) is 16.3. The van der Waals surface area contributed by atoms with Crippen LogP contribution in [-0.2, 0) is 20.8 Å². The van der Waals surface area contributed by atoms with Gasteiger partial charge in [-0.3, -0.25) is 0 Å². The number of halogens is 3. The van der Waals surface area contributed by atoms with Crippen LogP contribution in [0.1, 0.15) is 5.56 Å². The molecule has 1 aromatic carbocycles. The third kappa shape index (κ3) is 6.92. The lowest BCUT2D eigenvalue weighted by Gasteiger charge is -2.42. The molecular weight excluding hydrogens is 425 g/mol. The third-order valence-electron chi connectivity index (χ3n) is 3.81. The van der Waals surface area contributed by atoms with Gasteiger partial charge in [0.25, 0.3) is 0 Å². The Morgan fingerprint density at radius 2 is 1.89 bits per heavy atom. The van der Waals surface area contributed by atoms with Gasteiger partial charge >= 0.3 is 6.09 Å². The number of alkyl carbamates (subject to hydrolysis) is 1. The second kappa shape index (κ2) is 10.1. The molecule has 1 aliphatic rings. The lowest BCUT2D eigenvalue weighted by atomic mass is 9.97. The van der Waals surface area contributed by atoms with Crippen LogP contribution in [0.2, 0.25) is 0 Å². The van der Waals surface area contributed by atoms with Gasteiger partial charge < -0.3 is 34.8 Å². The van der Waals surface area contributed by atoms with Gasteiger partial charge in [0.15, 0.2) is 6.29 Å². The van der Waals surface area contributed by atoms with Crippen molar-refractivity contribution in [3.8, 4) is 0 Å². The van der Waals surface area contributed by atoms with Crippen molar-refractivity contribution in [3.63, 3.8) is 0 Å². The van der Waals surface area contributed by atoms with Crippen LogP contribution in [0.15, 0.2) is 30.3 Å². The van der Waals surface area contributed by atoms with Gasteiger partial charge in [-0.25, -0.2) is 4.79 Å². The standard InChI is InChI=1S/C16H20Cl3NO7/c17-16(18,19)8-26-15(24)20-11-13(12(22)10(6-21)27-14(11)23)25-7-9-4-2-1-3-5-9/h1-5,10-14,21-23H,6-8H2,(H,20,24)/t10-,11+,12-,13-,14+/m1/s1. The topological polar surface area (TPSA) is 117 Å². The Morgan fingerprint density at radius 3 is 2.48 bits per heavy atom. The number of hydrogen-bond acceptors (Lipinski definition) is 7. The molecule has 1 aliphatic heterocycles. The molecule has 1 fully saturated rings. The summed E-state index contributed by atoms with van der Waals surface area (Å²) in [6, 6.07) is 7.90. The first kappa shape index (κ1) is 22.4. The number of aliphatic hydroxyl groups is 3. The second-order valence-corrected chi connectivity index (χ2v) is 8.38. The van der Waals surface area contributed by atoms with Gasteiger partial charge in [0, 0.05) is 0 Å². The summed E-state index contributed by atoms with van der Waals surface area (Å²) in [6.07, 6.45) is -6.06. The van der Waals surface area contributed by atoms with E-state index in [1.54, 1.807) is 0 Å². The zero-order valence-electron chi connectivity index (χ0n) is 14.0. The molecule has 0 spiro atoms. The highest BCUT2D eigenvalue weighted by atomic mass is 35.6. The number of hydrogen-bond donors (Lipinski definition) is 4. The molecule has 4 N–H and O–H groups in total. The number of amides is 1. The van der Waals surface area contributed by atoms with E-state index in [1.807, 2.05) is 30.3 Å². The van der Waals surface area contributed by atoms with E-state index in [1.165, 1.54) is 0 Å². The van der Waals surface area contributed by atoms with Gasteiger partial charge in [0.1, 0.15) is 31.0 Å². The van der Waals surface area contributed by atoms with Crippen LogP contribution >= 0.6 is 34.8 Å². The quantitative estimate of drug-likeness (QED) is 0.486. The molecule has 0 unspecified atom stereocenters. The summed E-state index contributed by atoms with van der Waals surface area (Å²) in [5.74, 6) is 0. The maximum absolute atomic E-state index is 11.9. The smallest absolute Gasteiger partial charge is 0.407 e. The van der Waals surface area contributed by atoms with Crippen molar-refractivity contribution in [2.24, 2.45) is 0 Å². The number of benzene rings is 1. The molecule has 1 aromatic rings. The van der Waals surface area contributed by atoms with Crippen LogP contribution in [0.3, 0.4) is 0 Å². The largest absolute Gasteiger partial charge is 0.445 e. The molecule has 0 aliphatic carbocycles. The van der Waals surface area contributed by atoms with E-state index in [9.17, 15) is 20.1 Å². The number of carbonyl (C=O) groups excluding carboxylic acids is 1. The number of alkyl halides is 3. The Morgan fingerprint density at radius 1 is 1.22 bits per heavy atom.